The maximum Gasteiger partial charge on any atom is 0.271 e. The smallest absolute Gasteiger partial charge is 0.271 e. The van der Waals surface area contributed by atoms with Crippen molar-refractivity contribution in [2.24, 2.45) is 0 Å². The number of nitrogens with one attached hydrogen (secondary N) is 3. The molecule has 0 bridgehead atoms. The van der Waals surface area contributed by atoms with Crippen molar-refractivity contribution < 1.29 is 18.4 Å². The average molecular weight is 463 g/mol. The zero-order valence-electron chi connectivity index (χ0n) is 18.8. The van der Waals surface area contributed by atoms with Crippen molar-refractivity contribution in [3.8, 4) is 0 Å². The van der Waals surface area contributed by atoms with Crippen molar-refractivity contribution in [3.05, 3.63) is 89.4 Å². The zero-order chi connectivity index (χ0) is 24.5. The molecule has 4 aromatic rings. The summed E-state index contributed by atoms with van der Waals surface area (Å²) in [6, 6.07) is 13.2. The minimum Gasteiger partial charge on any atom is -0.339 e. The number of amides is 2. The van der Waals surface area contributed by atoms with Gasteiger partial charge in [0, 0.05) is 34.8 Å². The van der Waals surface area contributed by atoms with Gasteiger partial charge >= 0.3 is 0 Å². The number of nitrogens with zero attached hydrogens (tertiary/aromatic N) is 2. The number of H-pyrrole nitrogens is 1. The Morgan fingerprint density at radius 2 is 1.74 bits per heavy atom. The number of fused-ring (bicyclic) bond motifs is 1. The molecule has 0 saturated heterocycles. The fourth-order valence-corrected chi connectivity index (χ4v) is 3.64. The zero-order valence-corrected chi connectivity index (χ0v) is 18.8. The molecule has 1 atom stereocenters. The van der Waals surface area contributed by atoms with Gasteiger partial charge in [-0.1, -0.05) is 38.1 Å². The van der Waals surface area contributed by atoms with Gasteiger partial charge in [-0.3, -0.25) is 19.7 Å². The molecular weight excluding hydrogens is 440 g/mol. The molecule has 34 heavy (non-hydrogen) atoms. The largest absolute Gasteiger partial charge is 0.339 e. The predicted molar refractivity (Wildman–Crippen MR) is 124 cm³/mol. The second-order valence-electron chi connectivity index (χ2n) is 8.52. The first-order valence-corrected chi connectivity index (χ1v) is 10.6. The molecule has 2 aromatic heterocycles. The number of hydrogen-bond donors (Lipinski definition) is 3. The quantitative estimate of drug-likeness (QED) is 0.397. The lowest BCUT2D eigenvalue weighted by Crippen LogP contribution is -2.42. The summed E-state index contributed by atoms with van der Waals surface area (Å²) >= 11 is 0. The van der Waals surface area contributed by atoms with Crippen LogP contribution in [0.3, 0.4) is 0 Å². The molecule has 0 fully saturated rings. The number of rotatable bonds is 6. The minimum absolute atomic E-state index is 0.217. The molecule has 0 aliphatic heterocycles. The molecule has 3 N–H and O–H groups in total. The van der Waals surface area contributed by atoms with Crippen LogP contribution >= 0.6 is 0 Å². The molecule has 0 aliphatic carbocycles. The Labute approximate surface area is 194 Å². The number of benzene rings is 2. The maximum atomic E-state index is 13.7. The van der Waals surface area contributed by atoms with E-state index in [2.05, 4.69) is 25.8 Å². The number of aromatic amines is 1. The lowest BCUT2D eigenvalue weighted by atomic mass is 9.81. The van der Waals surface area contributed by atoms with E-state index in [1.54, 1.807) is 45.2 Å². The summed E-state index contributed by atoms with van der Waals surface area (Å²) in [5, 5.41) is 13.7. The maximum absolute atomic E-state index is 13.7. The molecule has 4 rings (SSSR count). The third-order valence-electron chi connectivity index (χ3n) is 5.72. The van der Waals surface area contributed by atoms with E-state index in [1.807, 2.05) is 18.2 Å². The molecule has 2 heterocycles. The van der Waals surface area contributed by atoms with Gasteiger partial charge in [-0.25, -0.2) is 8.78 Å². The van der Waals surface area contributed by atoms with Crippen molar-refractivity contribution in [2.75, 3.05) is 5.32 Å². The number of hydrogen-bond acceptors (Lipinski definition) is 4. The molecule has 2 aromatic carbocycles. The van der Waals surface area contributed by atoms with Crippen molar-refractivity contribution in [3.63, 3.8) is 0 Å². The van der Waals surface area contributed by atoms with Crippen molar-refractivity contribution >= 4 is 28.4 Å². The van der Waals surface area contributed by atoms with E-state index >= 15 is 0 Å². The van der Waals surface area contributed by atoms with Crippen LogP contribution in [0.1, 0.15) is 42.5 Å². The first-order valence-electron chi connectivity index (χ1n) is 10.6. The summed E-state index contributed by atoms with van der Waals surface area (Å²) in [5.41, 5.74) is 0.377. The highest BCUT2D eigenvalue weighted by Crippen LogP contribution is 2.32. The van der Waals surface area contributed by atoms with E-state index < -0.39 is 34.9 Å². The van der Waals surface area contributed by atoms with Gasteiger partial charge in [0.2, 0.25) is 5.91 Å². The first kappa shape index (κ1) is 23.0. The Balaban J connectivity index is 1.45. The highest BCUT2D eigenvalue weighted by Gasteiger charge is 2.27. The van der Waals surface area contributed by atoms with E-state index in [0.717, 1.165) is 11.5 Å². The number of anilines is 1. The van der Waals surface area contributed by atoms with Crippen LogP contribution in [0.4, 0.5) is 14.6 Å². The third kappa shape index (κ3) is 4.63. The van der Waals surface area contributed by atoms with Crippen molar-refractivity contribution in [1.29, 1.82) is 0 Å². The predicted octanol–water partition coefficient (Wildman–Crippen LogP) is 4.32. The fraction of sp³-hybridized carbons (Fsp3) is 0.200. The fourth-order valence-electron chi connectivity index (χ4n) is 3.64. The van der Waals surface area contributed by atoms with Crippen molar-refractivity contribution in [1.82, 2.24) is 20.5 Å². The lowest BCUT2D eigenvalue weighted by Gasteiger charge is -2.23. The van der Waals surface area contributed by atoms with Crippen LogP contribution in [0.5, 0.6) is 0 Å². The first-order chi connectivity index (χ1) is 16.1. The summed E-state index contributed by atoms with van der Waals surface area (Å²) < 4.78 is 27.4. The van der Waals surface area contributed by atoms with Crippen LogP contribution in [0, 0.1) is 11.6 Å². The Kier molecular flexibility index (Phi) is 6.10. The Hall–Kier alpha value is -4.14. The van der Waals surface area contributed by atoms with E-state index in [1.165, 1.54) is 12.1 Å². The number of carbonyl (C=O) groups excluding carboxylic acids is 2. The Bertz CT molecular complexity index is 1360. The topological polar surface area (TPSA) is 99.8 Å². The van der Waals surface area contributed by atoms with Crippen LogP contribution < -0.4 is 10.6 Å². The number of pyridine rings is 1. The van der Waals surface area contributed by atoms with Gasteiger partial charge in [0.1, 0.15) is 23.4 Å². The summed E-state index contributed by atoms with van der Waals surface area (Å²) in [4.78, 5) is 29.6. The second-order valence-corrected chi connectivity index (χ2v) is 8.52. The monoisotopic (exact) mass is 463 g/mol. The SMILES string of the molecule is C[C@H](NC(=O)c1nccc2ccccc12)C(=O)Nc1cc(C(C)(C)c2cc(F)cc(F)c2)[nH]n1. The highest BCUT2D eigenvalue weighted by atomic mass is 19.1. The van der Waals surface area contributed by atoms with Gasteiger partial charge in [-0.15, -0.1) is 0 Å². The van der Waals surface area contributed by atoms with Crippen LogP contribution in [-0.2, 0) is 10.2 Å². The number of carbonyl (C=O) groups is 2. The normalized spacial score (nSPS) is 12.4. The van der Waals surface area contributed by atoms with Crippen LogP contribution in [0.2, 0.25) is 0 Å². The van der Waals surface area contributed by atoms with Crippen LogP contribution in [0.15, 0.2) is 60.8 Å². The standard InChI is InChI=1S/C25H23F2N5O2/c1-14(29-24(34)22-19-7-5-4-6-15(19)8-9-28-22)23(33)30-21-13-20(31-32-21)25(2,3)16-10-17(26)12-18(27)11-16/h4-14H,1-3H3,(H,29,34)(H2,30,31,32,33)/t14-/m0/s1. The second kappa shape index (κ2) is 9.01. The summed E-state index contributed by atoms with van der Waals surface area (Å²) in [7, 11) is 0. The van der Waals surface area contributed by atoms with Gasteiger partial charge in [0.05, 0.1) is 0 Å². The number of aromatic nitrogens is 3. The summed E-state index contributed by atoms with van der Waals surface area (Å²) in [6.07, 6.45) is 1.54. The van der Waals surface area contributed by atoms with Crippen LogP contribution in [-0.4, -0.2) is 33.0 Å². The average Bonchev–Trinajstić information content (AvgIpc) is 3.27. The third-order valence-corrected chi connectivity index (χ3v) is 5.72. The number of halogens is 2. The molecule has 2 amide bonds. The van der Waals surface area contributed by atoms with Gasteiger partial charge < -0.3 is 10.6 Å². The van der Waals surface area contributed by atoms with Gasteiger partial charge in [-0.05, 0) is 36.1 Å². The molecule has 0 saturated carbocycles. The molecule has 0 radical (unpaired) electrons. The van der Waals surface area contributed by atoms with Gasteiger partial charge in [0.25, 0.3) is 5.91 Å². The minimum atomic E-state index is -0.876. The summed E-state index contributed by atoms with van der Waals surface area (Å²) in [6.45, 7) is 5.10. The molecule has 0 unspecified atom stereocenters. The Morgan fingerprint density at radius 1 is 1.03 bits per heavy atom. The van der Waals surface area contributed by atoms with Gasteiger partial charge in [-0.2, -0.15) is 5.10 Å². The molecule has 0 aliphatic rings. The van der Waals surface area contributed by atoms with E-state index in [9.17, 15) is 18.4 Å². The van der Waals surface area contributed by atoms with E-state index in [-0.39, 0.29) is 11.5 Å². The van der Waals surface area contributed by atoms with Crippen molar-refractivity contribution in [2.45, 2.75) is 32.2 Å². The van der Waals surface area contributed by atoms with E-state index in [4.69, 9.17) is 0 Å². The van der Waals surface area contributed by atoms with Crippen LogP contribution in [0.25, 0.3) is 10.8 Å². The molecule has 174 valence electrons. The molecule has 0 spiro atoms. The lowest BCUT2D eigenvalue weighted by molar-refractivity contribution is -0.117. The molecular formula is C25H23F2N5O2. The molecule has 9 heteroatoms. The van der Waals surface area contributed by atoms with E-state index in [0.29, 0.717) is 16.6 Å². The summed E-state index contributed by atoms with van der Waals surface area (Å²) in [5.74, 6) is -2.10. The van der Waals surface area contributed by atoms with Gasteiger partial charge in [0.15, 0.2) is 5.82 Å². The highest BCUT2D eigenvalue weighted by molar-refractivity contribution is 6.07. The molecule has 7 nitrogen and oxygen atoms in total. The Morgan fingerprint density at radius 3 is 2.47 bits per heavy atom.